The van der Waals surface area contributed by atoms with Crippen LogP contribution in [0.4, 0.5) is 10.8 Å². The van der Waals surface area contributed by atoms with Gasteiger partial charge in [-0.3, -0.25) is 24.2 Å². The molecule has 2 aliphatic rings. The lowest BCUT2D eigenvalue weighted by Gasteiger charge is -2.34. The van der Waals surface area contributed by atoms with Gasteiger partial charge in [-0.25, -0.2) is 4.98 Å². The Labute approximate surface area is 208 Å². The molecule has 0 aliphatic carbocycles. The molecule has 2 aromatic carbocycles. The summed E-state index contributed by atoms with van der Waals surface area (Å²) in [7, 11) is 0. The van der Waals surface area contributed by atoms with Crippen molar-refractivity contribution < 1.29 is 14.4 Å². The number of thiazole rings is 1. The van der Waals surface area contributed by atoms with E-state index >= 15 is 0 Å². The Balaban J connectivity index is 1.09. The summed E-state index contributed by atoms with van der Waals surface area (Å²) in [5.41, 5.74) is 4.67. The second kappa shape index (κ2) is 9.75. The number of benzene rings is 2. The number of carbonyl (C=O) groups is 3. The van der Waals surface area contributed by atoms with Crippen molar-refractivity contribution >= 4 is 50.1 Å². The first kappa shape index (κ1) is 23.4. The van der Waals surface area contributed by atoms with Crippen molar-refractivity contribution in [1.29, 1.82) is 0 Å². The molecule has 0 bridgehead atoms. The van der Waals surface area contributed by atoms with Crippen LogP contribution >= 0.6 is 11.3 Å². The Morgan fingerprint density at radius 2 is 1.66 bits per heavy atom. The zero-order valence-corrected chi connectivity index (χ0v) is 20.9. The van der Waals surface area contributed by atoms with Crippen molar-refractivity contribution in [3.05, 3.63) is 53.1 Å². The SMILES string of the molecule is Cc1ccc2sc(N3CCN(CCNC(=O)c4ccc(N5C(=O)CCC5=O)cc4)CC3)nc2c1C. The van der Waals surface area contributed by atoms with Gasteiger partial charge in [0, 0.05) is 57.7 Å². The van der Waals surface area contributed by atoms with E-state index in [9.17, 15) is 14.4 Å². The number of aromatic nitrogens is 1. The quantitative estimate of drug-likeness (QED) is 0.534. The van der Waals surface area contributed by atoms with Crippen LogP contribution in [0.25, 0.3) is 10.2 Å². The van der Waals surface area contributed by atoms with Crippen molar-refractivity contribution in [2.24, 2.45) is 0 Å². The molecular weight excluding hydrogens is 462 g/mol. The Hall–Kier alpha value is -3.30. The summed E-state index contributed by atoms with van der Waals surface area (Å²) in [4.78, 5) is 47.1. The average Bonchev–Trinajstić information content (AvgIpc) is 3.45. The van der Waals surface area contributed by atoms with Crippen LogP contribution in [-0.2, 0) is 9.59 Å². The highest BCUT2D eigenvalue weighted by Crippen LogP contribution is 2.32. The number of nitrogens with zero attached hydrogens (tertiary/aromatic N) is 4. The van der Waals surface area contributed by atoms with Crippen molar-refractivity contribution in [2.45, 2.75) is 26.7 Å². The first-order valence-corrected chi connectivity index (χ1v) is 12.8. The fourth-order valence-corrected chi connectivity index (χ4v) is 5.65. The zero-order chi connectivity index (χ0) is 24.5. The maximum absolute atomic E-state index is 12.5. The van der Waals surface area contributed by atoms with E-state index in [1.54, 1.807) is 35.6 Å². The number of hydrogen-bond acceptors (Lipinski definition) is 7. The maximum atomic E-state index is 12.5. The van der Waals surface area contributed by atoms with E-state index in [0.717, 1.165) is 43.4 Å². The van der Waals surface area contributed by atoms with Gasteiger partial charge in [-0.05, 0) is 55.3 Å². The summed E-state index contributed by atoms with van der Waals surface area (Å²) in [6, 6.07) is 10.9. The number of aryl methyl sites for hydroxylation is 2. The molecule has 35 heavy (non-hydrogen) atoms. The van der Waals surface area contributed by atoms with Gasteiger partial charge < -0.3 is 10.2 Å². The molecule has 0 radical (unpaired) electrons. The smallest absolute Gasteiger partial charge is 0.251 e. The molecule has 8 nitrogen and oxygen atoms in total. The van der Waals surface area contributed by atoms with Crippen LogP contribution in [0.2, 0.25) is 0 Å². The topological polar surface area (TPSA) is 85.9 Å². The number of carbonyl (C=O) groups excluding carboxylic acids is 3. The molecule has 1 aromatic heterocycles. The molecule has 2 saturated heterocycles. The van der Waals surface area contributed by atoms with E-state index in [4.69, 9.17) is 4.98 Å². The van der Waals surface area contributed by atoms with E-state index in [2.05, 4.69) is 41.1 Å². The highest BCUT2D eigenvalue weighted by atomic mass is 32.1. The molecule has 0 atom stereocenters. The van der Waals surface area contributed by atoms with Gasteiger partial charge in [-0.2, -0.15) is 0 Å². The van der Waals surface area contributed by atoms with Gasteiger partial charge in [0.15, 0.2) is 5.13 Å². The summed E-state index contributed by atoms with van der Waals surface area (Å²) in [6.07, 6.45) is 0.491. The lowest BCUT2D eigenvalue weighted by Crippen LogP contribution is -2.48. The number of imide groups is 1. The molecule has 9 heteroatoms. The number of hydrogen-bond donors (Lipinski definition) is 1. The van der Waals surface area contributed by atoms with Crippen LogP contribution < -0.4 is 15.1 Å². The Morgan fingerprint density at radius 3 is 2.34 bits per heavy atom. The van der Waals surface area contributed by atoms with E-state index < -0.39 is 0 Å². The second-order valence-corrected chi connectivity index (χ2v) is 10.1. The number of nitrogens with one attached hydrogen (secondary N) is 1. The lowest BCUT2D eigenvalue weighted by molar-refractivity contribution is -0.121. The molecular formula is C26H29N5O3S. The number of anilines is 2. The largest absolute Gasteiger partial charge is 0.351 e. The highest BCUT2D eigenvalue weighted by Gasteiger charge is 2.30. The standard InChI is InChI=1S/C26H29N5O3S/c1-17-3-8-21-24(18(17)2)28-26(35-21)30-15-13-29(14-16-30)12-11-27-25(34)19-4-6-20(7-5-19)31-22(32)9-10-23(31)33/h3-8H,9-16H2,1-2H3,(H,27,34). The van der Waals surface area contributed by atoms with Crippen molar-refractivity contribution in [3.8, 4) is 0 Å². The predicted molar refractivity (Wildman–Crippen MR) is 138 cm³/mol. The first-order chi connectivity index (χ1) is 16.9. The van der Waals surface area contributed by atoms with Crippen molar-refractivity contribution in [2.75, 3.05) is 49.1 Å². The van der Waals surface area contributed by atoms with Gasteiger partial charge >= 0.3 is 0 Å². The Kier molecular flexibility index (Phi) is 6.53. The van der Waals surface area contributed by atoms with Gasteiger partial charge in [0.05, 0.1) is 15.9 Å². The van der Waals surface area contributed by atoms with Crippen LogP contribution in [0.15, 0.2) is 36.4 Å². The van der Waals surface area contributed by atoms with Crippen LogP contribution in [0, 0.1) is 13.8 Å². The van der Waals surface area contributed by atoms with Crippen molar-refractivity contribution in [1.82, 2.24) is 15.2 Å². The van der Waals surface area contributed by atoms with Crippen molar-refractivity contribution in [3.63, 3.8) is 0 Å². The number of rotatable bonds is 6. The maximum Gasteiger partial charge on any atom is 0.251 e. The normalized spacial score (nSPS) is 17.0. The molecule has 0 spiro atoms. The van der Waals surface area contributed by atoms with E-state index in [1.807, 2.05) is 0 Å². The molecule has 182 valence electrons. The average molecular weight is 492 g/mol. The molecule has 3 aromatic rings. The van der Waals surface area contributed by atoms with E-state index in [0.29, 0.717) is 17.8 Å². The summed E-state index contributed by atoms with van der Waals surface area (Å²) in [5.74, 6) is -0.546. The monoisotopic (exact) mass is 491 g/mol. The third-order valence-electron chi connectivity index (χ3n) is 6.87. The van der Waals surface area contributed by atoms with Crippen LogP contribution in [0.5, 0.6) is 0 Å². The predicted octanol–water partition coefficient (Wildman–Crippen LogP) is 3.12. The molecule has 3 heterocycles. The summed E-state index contributed by atoms with van der Waals surface area (Å²) in [5, 5.41) is 4.06. The lowest BCUT2D eigenvalue weighted by atomic mass is 10.1. The molecule has 1 N–H and O–H groups in total. The number of piperazine rings is 1. The van der Waals surface area contributed by atoms with E-state index in [-0.39, 0.29) is 30.6 Å². The van der Waals surface area contributed by atoms with Crippen LogP contribution in [0.1, 0.15) is 34.3 Å². The molecule has 2 fully saturated rings. The fourth-order valence-electron chi connectivity index (χ4n) is 4.57. The Bertz CT molecular complexity index is 1260. The molecule has 3 amide bonds. The summed E-state index contributed by atoms with van der Waals surface area (Å²) in [6.45, 7) is 9.29. The second-order valence-electron chi connectivity index (χ2n) is 9.10. The zero-order valence-electron chi connectivity index (χ0n) is 20.0. The fraction of sp³-hybridized carbons (Fsp3) is 0.385. The highest BCUT2D eigenvalue weighted by molar-refractivity contribution is 7.22. The number of amides is 3. The third-order valence-corrected chi connectivity index (χ3v) is 7.95. The van der Waals surface area contributed by atoms with Gasteiger partial charge in [0.1, 0.15) is 0 Å². The molecule has 5 rings (SSSR count). The molecule has 0 unspecified atom stereocenters. The van der Waals surface area contributed by atoms with Crippen LogP contribution in [0.3, 0.4) is 0 Å². The molecule has 2 aliphatic heterocycles. The first-order valence-electron chi connectivity index (χ1n) is 12.0. The number of fused-ring (bicyclic) bond motifs is 1. The minimum Gasteiger partial charge on any atom is -0.351 e. The molecule has 0 saturated carbocycles. The summed E-state index contributed by atoms with van der Waals surface area (Å²) >= 11 is 1.76. The van der Waals surface area contributed by atoms with Gasteiger partial charge in [0.25, 0.3) is 5.91 Å². The van der Waals surface area contributed by atoms with Gasteiger partial charge in [0.2, 0.25) is 11.8 Å². The van der Waals surface area contributed by atoms with Gasteiger partial charge in [-0.15, -0.1) is 0 Å². The van der Waals surface area contributed by atoms with Gasteiger partial charge in [-0.1, -0.05) is 17.4 Å². The Morgan fingerprint density at radius 1 is 0.971 bits per heavy atom. The summed E-state index contributed by atoms with van der Waals surface area (Å²) < 4.78 is 1.24. The van der Waals surface area contributed by atoms with Crippen LogP contribution in [-0.4, -0.2) is 66.9 Å². The minimum absolute atomic E-state index is 0.158. The third kappa shape index (κ3) is 4.78. The van der Waals surface area contributed by atoms with E-state index in [1.165, 1.54) is 20.7 Å². The minimum atomic E-state index is -0.194.